The van der Waals surface area contributed by atoms with Crippen LogP contribution in [0, 0.1) is 0 Å². The van der Waals surface area contributed by atoms with E-state index in [9.17, 15) is 4.79 Å². The van der Waals surface area contributed by atoms with E-state index in [0.29, 0.717) is 23.5 Å². The number of carbonyl (C=O) groups excluding carboxylic acids is 1. The third kappa shape index (κ3) is 3.93. The predicted octanol–water partition coefficient (Wildman–Crippen LogP) is 2.41. The van der Waals surface area contributed by atoms with Crippen LogP contribution in [0.25, 0.3) is 0 Å². The summed E-state index contributed by atoms with van der Waals surface area (Å²) in [6, 6.07) is 8.84. The number of aromatic nitrogens is 1. The van der Waals surface area contributed by atoms with Crippen molar-refractivity contribution in [3.8, 4) is 5.75 Å². The Morgan fingerprint density at radius 3 is 2.71 bits per heavy atom. The van der Waals surface area contributed by atoms with Gasteiger partial charge in [-0.1, -0.05) is 6.92 Å². The fourth-order valence-corrected chi connectivity index (χ4v) is 1.75. The van der Waals surface area contributed by atoms with Crippen LogP contribution in [-0.2, 0) is 0 Å². The first-order valence-electron chi connectivity index (χ1n) is 6.69. The van der Waals surface area contributed by atoms with Crippen LogP contribution in [0.5, 0.6) is 5.75 Å². The van der Waals surface area contributed by atoms with Gasteiger partial charge in [0, 0.05) is 18.1 Å². The number of nitrogens with one attached hydrogen (secondary N) is 2. The highest BCUT2D eigenvalue weighted by Crippen LogP contribution is 2.18. The highest BCUT2D eigenvalue weighted by molar-refractivity contribution is 6.07. The summed E-state index contributed by atoms with van der Waals surface area (Å²) in [6.45, 7) is 2.72. The van der Waals surface area contributed by atoms with Crippen LogP contribution >= 0.6 is 0 Å². The molecule has 1 heterocycles. The molecule has 4 N–H and O–H groups in total. The van der Waals surface area contributed by atoms with Gasteiger partial charge in [0.15, 0.2) is 0 Å². The predicted molar refractivity (Wildman–Crippen MR) is 82.2 cm³/mol. The molecule has 0 aliphatic rings. The molecule has 0 aliphatic heterocycles. The molecule has 2 rings (SSSR count). The Balaban J connectivity index is 2.05. The average Bonchev–Trinajstić information content (AvgIpc) is 2.54. The molecular weight excluding hydrogens is 268 g/mol. The molecule has 0 saturated heterocycles. The second-order valence-electron chi connectivity index (χ2n) is 4.39. The van der Waals surface area contributed by atoms with Gasteiger partial charge < -0.3 is 15.5 Å². The van der Waals surface area contributed by atoms with Crippen molar-refractivity contribution >= 4 is 17.3 Å². The van der Waals surface area contributed by atoms with E-state index < -0.39 is 0 Å². The van der Waals surface area contributed by atoms with E-state index in [1.165, 1.54) is 6.20 Å². The molecular formula is C15H18N4O2. The van der Waals surface area contributed by atoms with Crippen LogP contribution < -0.4 is 21.3 Å². The lowest BCUT2D eigenvalue weighted by Gasteiger charge is -2.10. The Morgan fingerprint density at radius 1 is 1.29 bits per heavy atom. The Hall–Kier alpha value is -2.60. The minimum Gasteiger partial charge on any atom is -0.494 e. The topological polar surface area (TPSA) is 89.3 Å². The maximum absolute atomic E-state index is 12.2. The minimum atomic E-state index is -0.279. The van der Waals surface area contributed by atoms with Gasteiger partial charge in [0.25, 0.3) is 5.91 Å². The summed E-state index contributed by atoms with van der Waals surface area (Å²) in [6.07, 6.45) is 3.98. The van der Waals surface area contributed by atoms with Crippen molar-refractivity contribution in [2.75, 3.05) is 17.3 Å². The molecule has 6 heteroatoms. The van der Waals surface area contributed by atoms with Crippen LogP contribution in [-0.4, -0.2) is 17.5 Å². The van der Waals surface area contributed by atoms with Gasteiger partial charge >= 0.3 is 0 Å². The normalized spacial score (nSPS) is 10.0. The molecule has 110 valence electrons. The zero-order chi connectivity index (χ0) is 15.1. The van der Waals surface area contributed by atoms with Gasteiger partial charge in [-0.05, 0) is 36.8 Å². The van der Waals surface area contributed by atoms with Crippen molar-refractivity contribution < 1.29 is 9.53 Å². The van der Waals surface area contributed by atoms with Gasteiger partial charge in [-0.15, -0.1) is 0 Å². The first kappa shape index (κ1) is 14.8. The van der Waals surface area contributed by atoms with Crippen LogP contribution in [0.15, 0.2) is 42.7 Å². The Bertz CT molecular complexity index is 599. The number of carbonyl (C=O) groups is 1. The summed E-state index contributed by atoms with van der Waals surface area (Å²) in [5.74, 6) is 5.87. The van der Waals surface area contributed by atoms with Crippen LogP contribution in [0.4, 0.5) is 11.4 Å². The molecule has 1 aromatic carbocycles. The number of nitrogens with zero attached hydrogens (tertiary/aromatic N) is 1. The summed E-state index contributed by atoms with van der Waals surface area (Å²) >= 11 is 0. The van der Waals surface area contributed by atoms with E-state index in [2.05, 4.69) is 15.7 Å². The van der Waals surface area contributed by atoms with Gasteiger partial charge in [-0.25, -0.2) is 0 Å². The fraction of sp³-hybridized carbons (Fsp3) is 0.200. The standard InChI is InChI=1S/C15H18N4O2/c1-2-9-21-12-5-3-11(4-6-12)18-15(20)13-10-17-8-7-14(13)19-16/h3-8,10H,2,9,16H2,1H3,(H,17,19)(H,18,20). The molecule has 21 heavy (non-hydrogen) atoms. The Labute approximate surface area is 123 Å². The number of nitrogens with two attached hydrogens (primary N) is 1. The van der Waals surface area contributed by atoms with Gasteiger partial charge in [0.2, 0.25) is 0 Å². The zero-order valence-electron chi connectivity index (χ0n) is 11.8. The molecule has 1 amide bonds. The van der Waals surface area contributed by atoms with Crippen molar-refractivity contribution in [3.05, 3.63) is 48.3 Å². The lowest BCUT2D eigenvalue weighted by atomic mass is 10.2. The largest absolute Gasteiger partial charge is 0.494 e. The van der Waals surface area contributed by atoms with E-state index in [4.69, 9.17) is 10.6 Å². The first-order valence-corrected chi connectivity index (χ1v) is 6.69. The van der Waals surface area contributed by atoms with Gasteiger partial charge in [-0.3, -0.25) is 15.6 Å². The minimum absolute atomic E-state index is 0.279. The van der Waals surface area contributed by atoms with E-state index in [1.807, 2.05) is 19.1 Å². The molecule has 0 radical (unpaired) electrons. The van der Waals surface area contributed by atoms with Crippen LogP contribution in [0.3, 0.4) is 0 Å². The summed E-state index contributed by atoms with van der Waals surface area (Å²) in [5.41, 5.74) is 4.05. The lowest BCUT2D eigenvalue weighted by Crippen LogP contribution is -2.17. The molecule has 1 aromatic heterocycles. The van der Waals surface area contributed by atoms with Gasteiger partial charge in [0.1, 0.15) is 5.75 Å². The molecule has 2 aromatic rings. The smallest absolute Gasteiger partial charge is 0.259 e. The summed E-state index contributed by atoms with van der Waals surface area (Å²) < 4.78 is 5.49. The summed E-state index contributed by atoms with van der Waals surface area (Å²) in [4.78, 5) is 16.1. The molecule has 0 unspecified atom stereocenters. The molecule has 0 bridgehead atoms. The Kier molecular flexibility index (Phi) is 5.11. The number of hydrogen-bond acceptors (Lipinski definition) is 5. The number of hydrogen-bond donors (Lipinski definition) is 3. The highest BCUT2D eigenvalue weighted by atomic mass is 16.5. The van der Waals surface area contributed by atoms with Crippen LogP contribution in [0.2, 0.25) is 0 Å². The Morgan fingerprint density at radius 2 is 2.05 bits per heavy atom. The van der Waals surface area contributed by atoms with Crippen molar-refractivity contribution in [2.24, 2.45) is 5.84 Å². The van der Waals surface area contributed by atoms with E-state index in [0.717, 1.165) is 12.2 Å². The number of anilines is 2. The third-order valence-electron chi connectivity index (χ3n) is 2.81. The van der Waals surface area contributed by atoms with Gasteiger partial charge in [-0.2, -0.15) is 0 Å². The van der Waals surface area contributed by atoms with E-state index >= 15 is 0 Å². The first-order chi connectivity index (χ1) is 10.2. The van der Waals surface area contributed by atoms with Crippen molar-refractivity contribution in [1.29, 1.82) is 0 Å². The average molecular weight is 286 g/mol. The molecule has 0 atom stereocenters. The second kappa shape index (κ2) is 7.25. The van der Waals surface area contributed by atoms with Crippen molar-refractivity contribution in [3.63, 3.8) is 0 Å². The van der Waals surface area contributed by atoms with E-state index in [1.54, 1.807) is 24.4 Å². The monoisotopic (exact) mass is 286 g/mol. The van der Waals surface area contributed by atoms with Crippen molar-refractivity contribution in [1.82, 2.24) is 4.98 Å². The summed E-state index contributed by atoms with van der Waals surface area (Å²) in [7, 11) is 0. The molecule has 0 saturated carbocycles. The second-order valence-corrected chi connectivity index (χ2v) is 4.39. The van der Waals surface area contributed by atoms with Crippen LogP contribution in [0.1, 0.15) is 23.7 Å². The number of benzene rings is 1. The zero-order valence-corrected chi connectivity index (χ0v) is 11.8. The SMILES string of the molecule is CCCOc1ccc(NC(=O)c2cnccc2NN)cc1. The number of nitrogen functional groups attached to an aromatic ring is 1. The summed E-state index contributed by atoms with van der Waals surface area (Å²) in [5, 5.41) is 2.79. The number of amides is 1. The number of ether oxygens (including phenoxy) is 1. The number of hydrazine groups is 1. The molecule has 0 fully saturated rings. The number of pyridine rings is 1. The fourth-order valence-electron chi connectivity index (χ4n) is 1.75. The van der Waals surface area contributed by atoms with Crippen molar-refractivity contribution in [2.45, 2.75) is 13.3 Å². The maximum Gasteiger partial charge on any atom is 0.259 e. The quantitative estimate of drug-likeness (QED) is 0.560. The number of rotatable bonds is 6. The molecule has 0 spiro atoms. The van der Waals surface area contributed by atoms with Gasteiger partial charge in [0.05, 0.1) is 17.9 Å². The third-order valence-corrected chi connectivity index (χ3v) is 2.81. The highest BCUT2D eigenvalue weighted by Gasteiger charge is 2.11. The molecule has 0 aliphatic carbocycles. The maximum atomic E-state index is 12.2. The molecule has 6 nitrogen and oxygen atoms in total. The lowest BCUT2D eigenvalue weighted by molar-refractivity contribution is 0.102. The van der Waals surface area contributed by atoms with E-state index in [-0.39, 0.29) is 5.91 Å².